The van der Waals surface area contributed by atoms with Gasteiger partial charge in [-0.3, -0.25) is 4.79 Å². The number of hydrogen-bond acceptors (Lipinski definition) is 2. The standard InChI is InChI=1S/C9H11NO.ClH/c1-10(2)9-6-4-3-5-8(9)7-11;/h3-7H,1-2H3;1H. The second-order valence-electron chi connectivity index (χ2n) is 2.57. The van der Waals surface area contributed by atoms with E-state index in [2.05, 4.69) is 0 Å². The van der Waals surface area contributed by atoms with E-state index in [1.54, 1.807) is 0 Å². The van der Waals surface area contributed by atoms with E-state index in [4.69, 9.17) is 0 Å². The molecule has 2 nitrogen and oxygen atoms in total. The Morgan fingerprint density at radius 3 is 2.25 bits per heavy atom. The molecule has 0 unspecified atom stereocenters. The van der Waals surface area contributed by atoms with Crippen LogP contribution in [0, 0.1) is 0 Å². The maximum absolute atomic E-state index is 10.5. The Balaban J connectivity index is 0.00000121. The molecule has 0 radical (unpaired) electrons. The normalized spacial score (nSPS) is 8.50. The molecule has 0 aliphatic carbocycles. The minimum atomic E-state index is 0. The van der Waals surface area contributed by atoms with Gasteiger partial charge in [0, 0.05) is 25.3 Å². The maximum atomic E-state index is 10.5. The van der Waals surface area contributed by atoms with Crippen LogP contribution >= 0.6 is 12.4 Å². The molecule has 0 aliphatic rings. The number of carbonyl (C=O) groups excluding carboxylic acids is 1. The SMILES string of the molecule is CN(C)c1ccccc1C=O.Cl. The van der Waals surface area contributed by atoms with Crippen molar-refractivity contribution in [1.82, 2.24) is 0 Å². The first-order valence-electron chi connectivity index (χ1n) is 3.47. The van der Waals surface area contributed by atoms with Gasteiger partial charge >= 0.3 is 0 Å². The third-order valence-electron chi connectivity index (χ3n) is 1.55. The second-order valence-corrected chi connectivity index (χ2v) is 2.57. The molecule has 0 amide bonds. The summed E-state index contributed by atoms with van der Waals surface area (Å²) in [4.78, 5) is 12.4. The molecule has 3 heteroatoms. The van der Waals surface area contributed by atoms with Gasteiger partial charge in [-0.05, 0) is 12.1 Å². The molecule has 1 aromatic rings. The summed E-state index contributed by atoms with van der Waals surface area (Å²) in [5.41, 5.74) is 1.69. The molecule has 0 aliphatic heterocycles. The van der Waals surface area contributed by atoms with Crippen LogP contribution < -0.4 is 4.90 Å². The molecule has 0 fully saturated rings. The zero-order valence-corrected chi connectivity index (χ0v) is 7.97. The molecule has 0 bridgehead atoms. The number of hydrogen-bond donors (Lipinski definition) is 0. The van der Waals surface area contributed by atoms with E-state index in [1.807, 2.05) is 43.3 Å². The van der Waals surface area contributed by atoms with Crippen molar-refractivity contribution in [3.05, 3.63) is 29.8 Å². The van der Waals surface area contributed by atoms with Crippen LogP contribution in [0.4, 0.5) is 5.69 Å². The van der Waals surface area contributed by atoms with Gasteiger partial charge in [-0.2, -0.15) is 0 Å². The number of carbonyl (C=O) groups is 1. The van der Waals surface area contributed by atoms with Crippen LogP contribution in [0.15, 0.2) is 24.3 Å². The average molecular weight is 186 g/mol. The number of rotatable bonds is 2. The summed E-state index contributed by atoms with van der Waals surface area (Å²) in [6, 6.07) is 7.51. The van der Waals surface area contributed by atoms with Crippen molar-refractivity contribution in [3.63, 3.8) is 0 Å². The molecular formula is C9H12ClNO. The molecule has 0 heterocycles. The summed E-state index contributed by atoms with van der Waals surface area (Å²) in [5, 5.41) is 0. The average Bonchev–Trinajstić information content (AvgIpc) is 2.04. The fourth-order valence-electron chi connectivity index (χ4n) is 0.994. The lowest BCUT2D eigenvalue weighted by Crippen LogP contribution is -2.10. The molecule has 0 aromatic heterocycles. The molecule has 0 N–H and O–H groups in total. The predicted molar refractivity (Wildman–Crippen MR) is 53.4 cm³/mol. The van der Waals surface area contributed by atoms with E-state index in [0.717, 1.165) is 17.5 Å². The third kappa shape index (κ3) is 2.24. The van der Waals surface area contributed by atoms with Gasteiger partial charge < -0.3 is 4.90 Å². The van der Waals surface area contributed by atoms with Crippen LogP contribution in [0.3, 0.4) is 0 Å². The summed E-state index contributed by atoms with van der Waals surface area (Å²) < 4.78 is 0. The third-order valence-corrected chi connectivity index (χ3v) is 1.55. The van der Waals surface area contributed by atoms with E-state index in [1.165, 1.54) is 0 Å². The molecule has 1 rings (SSSR count). The van der Waals surface area contributed by atoms with Gasteiger partial charge in [0.2, 0.25) is 0 Å². The topological polar surface area (TPSA) is 20.3 Å². The van der Waals surface area contributed by atoms with Crippen molar-refractivity contribution in [1.29, 1.82) is 0 Å². The fourth-order valence-corrected chi connectivity index (χ4v) is 0.994. The van der Waals surface area contributed by atoms with Crippen molar-refractivity contribution < 1.29 is 4.79 Å². The van der Waals surface area contributed by atoms with Gasteiger partial charge in [-0.25, -0.2) is 0 Å². The number of para-hydroxylation sites is 1. The van der Waals surface area contributed by atoms with Gasteiger partial charge in [0.15, 0.2) is 6.29 Å². The monoisotopic (exact) mass is 185 g/mol. The molecular weight excluding hydrogens is 174 g/mol. The Kier molecular flexibility index (Phi) is 4.37. The Labute approximate surface area is 78.6 Å². The van der Waals surface area contributed by atoms with Crippen LogP contribution in [0.25, 0.3) is 0 Å². The van der Waals surface area contributed by atoms with Gasteiger partial charge in [-0.1, -0.05) is 12.1 Å². The lowest BCUT2D eigenvalue weighted by Gasteiger charge is -2.13. The number of aldehydes is 1. The lowest BCUT2D eigenvalue weighted by molar-refractivity contribution is 0.112. The minimum absolute atomic E-state index is 0. The van der Waals surface area contributed by atoms with E-state index in [9.17, 15) is 4.79 Å². The molecule has 1 aromatic carbocycles. The quantitative estimate of drug-likeness (QED) is 0.657. The zero-order chi connectivity index (χ0) is 8.27. The molecule has 12 heavy (non-hydrogen) atoms. The summed E-state index contributed by atoms with van der Waals surface area (Å²) in [5.74, 6) is 0. The van der Waals surface area contributed by atoms with E-state index < -0.39 is 0 Å². The highest BCUT2D eigenvalue weighted by molar-refractivity contribution is 5.85. The molecule has 0 saturated carbocycles. The van der Waals surface area contributed by atoms with Gasteiger partial charge in [0.1, 0.15) is 0 Å². The fraction of sp³-hybridized carbons (Fsp3) is 0.222. The Hall–Kier alpha value is -1.02. The first-order chi connectivity index (χ1) is 5.25. The van der Waals surface area contributed by atoms with Crippen molar-refractivity contribution in [2.24, 2.45) is 0 Å². The highest BCUT2D eigenvalue weighted by atomic mass is 35.5. The van der Waals surface area contributed by atoms with Crippen molar-refractivity contribution in [2.45, 2.75) is 0 Å². The molecule has 66 valence electrons. The Bertz CT molecular complexity index is 260. The Morgan fingerprint density at radius 2 is 1.83 bits per heavy atom. The highest BCUT2D eigenvalue weighted by Crippen LogP contribution is 2.14. The van der Waals surface area contributed by atoms with Crippen LogP contribution in [-0.2, 0) is 0 Å². The number of anilines is 1. The smallest absolute Gasteiger partial charge is 0.152 e. The second kappa shape index (κ2) is 4.78. The summed E-state index contributed by atoms with van der Waals surface area (Å²) in [6.45, 7) is 0. The number of halogens is 1. The summed E-state index contributed by atoms with van der Waals surface area (Å²) >= 11 is 0. The Morgan fingerprint density at radius 1 is 1.25 bits per heavy atom. The van der Waals surface area contributed by atoms with Crippen LogP contribution in [-0.4, -0.2) is 20.4 Å². The summed E-state index contributed by atoms with van der Waals surface area (Å²) in [6.07, 6.45) is 0.870. The van der Waals surface area contributed by atoms with Crippen molar-refractivity contribution in [3.8, 4) is 0 Å². The van der Waals surface area contributed by atoms with Gasteiger partial charge in [0.05, 0.1) is 0 Å². The minimum Gasteiger partial charge on any atom is -0.377 e. The highest BCUT2D eigenvalue weighted by Gasteiger charge is 1.99. The number of nitrogens with zero attached hydrogens (tertiary/aromatic N) is 1. The van der Waals surface area contributed by atoms with E-state index in [-0.39, 0.29) is 12.4 Å². The van der Waals surface area contributed by atoms with Crippen molar-refractivity contribution in [2.75, 3.05) is 19.0 Å². The van der Waals surface area contributed by atoms with E-state index in [0.29, 0.717) is 0 Å². The zero-order valence-electron chi connectivity index (χ0n) is 7.15. The molecule has 0 atom stereocenters. The largest absolute Gasteiger partial charge is 0.377 e. The van der Waals surface area contributed by atoms with Gasteiger partial charge in [-0.15, -0.1) is 12.4 Å². The molecule has 0 spiro atoms. The van der Waals surface area contributed by atoms with Crippen LogP contribution in [0.1, 0.15) is 10.4 Å². The first kappa shape index (κ1) is 11.0. The van der Waals surface area contributed by atoms with Crippen LogP contribution in [0.2, 0.25) is 0 Å². The van der Waals surface area contributed by atoms with E-state index >= 15 is 0 Å². The summed E-state index contributed by atoms with van der Waals surface area (Å²) in [7, 11) is 3.84. The maximum Gasteiger partial charge on any atom is 0.152 e. The lowest BCUT2D eigenvalue weighted by atomic mass is 10.2. The first-order valence-corrected chi connectivity index (χ1v) is 3.47. The van der Waals surface area contributed by atoms with Crippen molar-refractivity contribution >= 4 is 24.4 Å². The van der Waals surface area contributed by atoms with Crippen LogP contribution in [0.5, 0.6) is 0 Å². The number of benzene rings is 1. The predicted octanol–water partition coefficient (Wildman–Crippen LogP) is 1.99. The van der Waals surface area contributed by atoms with Gasteiger partial charge in [0.25, 0.3) is 0 Å². The molecule has 0 saturated heterocycles.